The Hall–Kier alpha value is -1.86. The van der Waals surface area contributed by atoms with Gasteiger partial charge in [-0.25, -0.2) is 4.68 Å². The van der Waals surface area contributed by atoms with Crippen LogP contribution in [0.1, 0.15) is 0 Å². The number of anilines is 1. The highest BCUT2D eigenvalue weighted by atomic mass is 35.5. The number of imidazole rings is 1. The lowest BCUT2D eigenvalue weighted by atomic mass is 10.2. The maximum absolute atomic E-state index is 5.94. The summed E-state index contributed by atoms with van der Waals surface area (Å²) in [6.45, 7) is 0. The van der Waals surface area contributed by atoms with Crippen molar-refractivity contribution in [3.8, 4) is 11.3 Å². The van der Waals surface area contributed by atoms with Gasteiger partial charge in [0, 0.05) is 27.5 Å². The molecule has 3 N–H and O–H groups in total. The number of nitrogens with one attached hydrogen (secondary N) is 3. The largest absolute Gasteiger partial charge is 0.335 e. The molecule has 3 rings (SSSR count). The van der Waals surface area contributed by atoms with Crippen molar-refractivity contribution in [3.63, 3.8) is 0 Å². The van der Waals surface area contributed by atoms with Crippen molar-refractivity contribution in [1.82, 2.24) is 9.66 Å². The van der Waals surface area contributed by atoms with Gasteiger partial charge in [-0.1, -0.05) is 35.3 Å². The number of halogens is 2. The SMILES string of the molecule is S=C(Nc1ccc(Cl)cc1)Nn1c(-c2ccc(Cl)cc2)c[nH]c1=S. The highest BCUT2D eigenvalue weighted by Crippen LogP contribution is 2.21. The molecular formula is C16H12Cl2N4S2. The topological polar surface area (TPSA) is 44.8 Å². The Bertz CT molecular complexity index is 915. The minimum atomic E-state index is 0.406. The number of thiocarbonyl (C=S) groups is 1. The average Bonchev–Trinajstić information content (AvgIpc) is 2.91. The molecule has 2 aromatic carbocycles. The van der Waals surface area contributed by atoms with E-state index in [0.29, 0.717) is 19.9 Å². The van der Waals surface area contributed by atoms with Gasteiger partial charge in [0.25, 0.3) is 0 Å². The summed E-state index contributed by atoms with van der Waals surface area (Å²) < 4.78 is 2.20. The van der Waals surface area contributed by atoms with Gasteiger partial charge in [0.1, 0.15) is 0 Å². The summed E-state index contributed by atoms with van der Waals surface area (Å²) in [6, 6.07) is 14.7. The van der Waals surface area contributed by atoms with Crippen molar-refractivity contribution in [2.24, 2.45) is 0 Å². The van der Waals surface area contributed by atoms with Crippen LogP contribution in [-0.4, -0.2) is 14.8 Å². The van der Waals surface area contributed by atoms with Crippen LogP contribution < -0.4 is 10.7 Å². The number of aromatic nitrogens is 2. The Morgan fingerprint density at radius 1 is 0.958 bits per heavy atom. The molecule has 0 spiro atoms. The maximum atomic E-state index is 5.94. The number of benzene rings is 2. The standard InChI is InChI=1S/C16H12Cl2N4S2/c17-11-3-1-10(2-4-11)14-9-19-16(24)22(14)21-15(23)20-13-7-5-12(18)6-8-13/h1-9H,(H,19,24)(H2,20,21,23). The van der Waals surface area contributed by atoms with Gasteiger partial charge in [0.2, 0.25) is 0 Å². The third-order valence-electron chi connectivity index (χ3n) is 3.23. The summed E-state index contributed by atoms with van der Waals surface area (Å²) in [5.41, 5.74) is 5.69. The van der Waals surface area contributed by atoms with Crippen molar-refractivity contribution in [2.45, 2.75) is 0 Å². The zero-order chi connectivity index (χ0) is 17.1. The van der Waals surface area contributed by atoms with Crippen molar-refractivity contribution < 1.29 is 0 Å². The van der Waals surface area contributed by atoms with Gasteiger partial charge >= 0.3 is 0 Å². The number of hydrogen-bond donors (Lipinski definition) is 3. The molecule has 8 heteroatoms. The van der Waals surface area contributed by atoms with E-state index in [1.54, 1.807) is 16.8 Å². The van der Waals surface area contributed by atoms with Crippen LogP contribution >= 0.6 is 47.6 Å². The second-order valence-electron chi connectivity index (χ2n) is 4.89. The number of aromatic amines is 1. The summed E-state index contributed by atoms with van der Waals surface area (Å²) in [6.07, 6.45) is 1.81. The fourth-order valence-electron chi connectivity index (χ4n) is 2.11. The van der Waals surface area contributed by atoms with E-state index in [9.17, 15) is 0 Å². The van der Waals surface area contributed by atoms with Crippen molar-refractivity contribution in [2.75, 3.05) is 10.7 Å². The van der Waals surface area contributed by atoms with E-state index in [1.807, 2.05) is 42.6 Å². The summed E-state index contributed by atoms with van der Waals surface area (Å²) in [5, 5.41) is 4.83. The van der Waals surface area contributed by atoms with Crippen molar-refractivity contribution in [3.05, 3.63) is 69.5 Å². The monoisotopic (exact) mass is 394 g/mol. The highest BCUT2D eigenvalue weighted by Gasteiger charge is 2.08. The van der Waals surface area contributed by atoms with Gasteiger partial charge in [0.15, 0.2) is 9.88 Å². The third-order valence-corrected chi connectivity index (χ3v) is 4.23. The summed E-state index contributed by atoms with van der Waals surface area (Å²) in [5.74, 6) is 0. The van der Waals surface area contributed by atoms with Crippen LogP contribution in [0.4, 0.5) is 5.69 Å². The molecule has 1 aromatic heterocycles. The lowest BCUT2D eigenvalue weighted by Gasteiger charge is -2.14. The zero-order valence-corrected chi connectivity index (χ0v) is 15.4. The number of rotatable bonds is 3. The second-order valence-corrected chi connectivity index (χ2v) is 6.56. The zero-order valence-electron chi connectivity index (χ0n) is 12.2. The molecule has 0 aliphatic rings. The van der Waals surface area contributed by atoms with E-state index in [4.69, 9.17) is 47.6 Å². The van der Waals surface area contributed by atoms with Crippen molar-refractivity contribution in [1.29, 1.82) is 0 Å². The lowest BCUT2D eigenvalue weighted by molar-refractivity contribution is 0.963. The molecule has 0 radical (unpaired) electrons. The molecule has 122 valence electrons. The molecule has 0 amide bonds. The van der Waals surface area contributed by atoms with Gasteiger partial charge in [-0.2, -0.15) is 0 Å². The molecule has 0 aliphatic heterocycles. The second kappa shape index (κ2) is 7.36. The van der Waals surface area contributed by atoms with E-state index in [1.165, 1.54) is 0 Å². The predicted molar refractivity (Wildman–Crippen MR) is 107 cm³/mol. The molecule has 0 saturated heterocycles. The van der Waals surface area contributed by atoms with Gasteiger partial charge in [0.05, 0.1) is 5.69 Å². The first kappa shape index (κ1) is 17.0. The first-order valence-corrected chi connectivity index (χ1v) is 8.50. The van der Waals surface area contributed by atoms with Crippen LogP contribution in [0.5, 0.6) is 0 Å². The Labute approximate surface area is 159 Å². The maximum Gasteiger partial charge on any atom is 0.196 e. The van der Waals surface area contributed by atoms with Crippen molar-refractivity contribution >= 4 is 58.4 Å². The van der Waals surface area contributed by atoms with Crippen LogP contribution in [0.3, 0.4) is 0 Å². The van der Waals surface area contributed by atoms with Crippen LogP contribution in [-0.2, 0) is 0 Å². The molecule has 3 aromatic rings. The molecule has 0 bridgehead atoms. The van der Waals surface area contributed by atoms with Crippen LogP contribution in [0.25, 0.3) is 11.3 Å². The van der Waals surface area contributed by atoms with E-state index in [2.05, 4.69) is 15.7 Å². The normalized spacial score (nSPS) is 10.4. The fourth-order valence-corrected chi connectivity index (χ4v) is 2.77. The Kier molecular flexibility index (Phi) is 5.20. The van der Waals surface area contributed by atoms with Gasteiger partial charge < -0.3 is 10.3 Å². The van der Waals surface area contributed by atoms with Crippen LogP contribution in [0.2, 0.25) is 10.0 Å². The predicted octanol–water partition coefficient (Wildman–Crippen LogP) is 5.46. The van der Waals surface area contributed by atoms with Gasteiger partial charge in [-0.15, -0.1) is 0 Å². The lowest BCUT2D eigenvalue weighted by Crippen LogP contribution is -2.28. The highest BCUT2D eigenvalue weighted by molar-refractivity contribution is 7.80. The van der Waals surface area contributed by atoms with Gasteiger partial charge in [-0.05, 0) is 60.8 Å². The Balaban J connectivity index is 1.81. The van der Waals surface area contributed by atoms with E-state index >= 15 is 0 Å². The molecule has 4 nitrogen and oxygen atoms in total. The van der Waals surface area contributed by atoms with Crippen LogP contribution in [0.15, 0.2) is 54.7 Å². The summed E-state index contributed by atoms with van der Waals surface area (Å²) in [7, 11) is 0. The average molecular weight is 395 g/mol. The Morgan fingerprint density at radius 2 is 1.54 bits per heavy atom. The summed E-state index contributed by atoms with van der Waals surface area (Å²) in [4.78, 5) is 3.00. The third kappa shape index (κ3) is 3.96. The van der Waals surface area contributed by atoms with E-state index in [-0.39, 0.29) is 0 Å². The number of H-pyrrole nitrogens is 1. The first-order chi connectivity index (χ1) is 11.5. The fraction of sp³-hybridized carbons (Fsp3) is 0. The molecule has 0 saturated carbocycles. The molecule has 0 aliphatic carbocycles. The smallest absolute Gasteiger partial charge is 0.196 e. The molecule has 0 unspecified atom stereocenters. The first-order valence-electron chi connectivity index (χ1n) is 6.93. The molecule has 0 atom stereocenters. The number of nitrogens with zero attached hydrogens (tertiary/aromatic N) is 1. The van der Waals surface area contributed by atoms with E-state index in [0.717, 1.165) is 16.9 Å². The summed E-state index contributed by atoms with van der Waals surface area (Å²) >= 11 is 22.5. The molecular weight excluding hydrogens is 383 g/mol. The quantitative estimate of drug-likeness (QED) is 0.516. The Morgan fingerprint density at radius 3 is 2.17 bits per heavy atom. The van der Waals surface area contributed by atoms with E-state index < -0.39 is 0 Å². The molecule has 24 heavy (non-hydrogen) atoms. The molecule has 1 heterocycles. The number of hydrogen-bond acceptors (Lipinski definition) is 2. The minimum Gasteiger partial charge on any atom is -0.335 e. The van der Waals surface area contributed by atoms with Gasteiger partial charge in [-0.3, -0.25) is 5.43 Å². The molecule has 0 fully saturated rings. The van der Waals surface area contributed by atoms with Crippen LogP contribution in [0, 0.1) is 4.77 Å². The minimum absolute atomic E-state index is 0.406.